The first-order valence-electron chi connectivity index (χ1n) is 4.28. The first-order valence-corrected chi connectivity index (χ1v) is 6.64. The Morgan fingerprint density at radius 2 is 2.00 bits per heavy atom. The Labute approximate surface area is 96.9 Å². The number of nitrogens with two attached hydrogens (primary N) is 2. The Morgan fingerprint density at radius 1 is 1.44 bits per heavy atom. The maximum atomic E-state index is 11.1. The predicted molar refractivity (Wildman–Crippen MR) is 58.0 cm³/mol. The molecule has 0 aromatic carbocycles. The standard InChI is InChI=1S/C7H12N4O3S2/c1-7(2,5(8)12)3-4-10-11-6(15-4)16(9,13)14/h3H2,1-2H3,(H2,8,12)(H2,9,13,14). The van der Waals surface area contributed by atoms with Crippen molar-refractivity contribution in [3.05, 3.63) is 5.01 Å². The molecule has 0 atom stereocenters. The van der Waals surface area contributed by atoms with Gasteiger partial charge in [-0.15, -0.1) is 10.2 Å². The summed E-state index contributed by atoms with van der Waals surface area (Å²) in [4.78, 5) is 11.1. The van der Waals surface area contributed by atoms with Crippen molar-refractivity contribution in [1.29, 1.82) is 0 Å². The van der Waals surface area contributed by atoms with E-state index in [0.29, 0.717) is 5.01 Å². The molecule has 0 aliphatic rings. The number of hydrogen-bond acceptors (Lipinski definition) is 6. The molecule has 1 aromatic rings. The van der Waals surface area contributed by atoms with Crippen LogP contribution in [-0.2, 0) is 21.2 Å². The van der Waals surface area contributed by atoms with E-state index in [1.54, 1.807) is 13.8 Å². The third-order valence-electron chi connectivity index (χ3n) is 1.95. The molecule has 0 radical (unpaired) electrons. The fourth-order valence-corrected chi connectivity index (χ4v) is 2.60. The summed E-state index contributed by atoms with van der Waals surface area (Å²) in [5, 5.41) is 12.4. The Balaban J connectivity index is 2.93. The van der Waals surface area contributed by atoms with Gasteiger partial charge in [0, 0.05) is 11.8 Å². The van der Waals surface area contributed by atoms with Crippen LogP contribution < -0.4 is 10.9 Å². The third-order valence-corrected chi connectivity index (χ3v) is 4.19. The van der Waals surface area contributed by atoms with Gasteiger partial charge in [0.05, 0.1) is 0 Å². The number of carbonyl (C=O) groups is 1. The highest BCUT2D eigenvalue weighted by Crippen LogP contribution is 2.24. The van der Waals surface area contributed by atoms with Gasteiger partial charge >= 0.3 is 0 Å². The molecule has 7 nitrogen and oxygen atoms in total. The minimum atomic E-state index is -3.83. The molecule has 1 rings (SSSR count). The van der Waals surface area contributed by atoms with E-state index in [-0.39, 0.29) is 10.8 Å². The van der Waals surface area contributed by atoms with Gasteiger partial charge in [-0.25, -0.2) is 13.6 Å². The van der Waals surface area contributed by atoms with E-state index in [1.807, 2.05) is 0 Å². The lowest BCUT2D eigenvalue weighted by molar-refractivity contribution is -0.125. The van der Waals surface area contributed by atoms with E-state index in [1.165, 1.54) is 0 Å². The number of rotatable bonds is 4. The number of amides is 1. The van der Waals surface area contributed by atoms with Crippen LogP contribution in [0.3, 0.4) is 0 Å². The summed E-state index contributed by atoms with van der Waals surface area (Å²) >= 11 is 0.841. The molecule has 0 aliphatic carbocycles. The van der Waals surface area contributed by atoms with Crippen molar-refractivity contribution in [2.45, 2.75) is 24.6 Å². The quantitative estimate of drug-likeness (QED) is 0.738. The molecule has 0 bridgehead atoms. The number of primary sulfonamides is 1. The molecule has 1 heterocycles. The van der Waals surface area contributed by atoms with Crippen molar-refractivity contribution in [3.8, 4) is 0 Å². The van der Waals surface area contributed by atoms with Crippen LogP contribution in [0.15, 0.2) is 4.34 Å². The molecule has 1 amide bonds. The largest absolute Gasteiger partial charge is 0.369 e. The van der Waals surface area contributed by atoms with Crippen LogP contribution in [0.5, 0.6) is 0 Å². The number of hydrogen-bond donors (Lipinski definition) is 2. The average molecular weight is 264 g/mol. The number of sulfonamides is 1. The van der Waals surface area contributed by atoms with Crippen molar-refractivity contribution in [1.82, 2.24) is 10.2 Å². The normalized spacial score (nSPS) is 12.7. The summed E-state index contributed by atoms with van der Waals surface area (Å²) in [5.41, 5.74) is 4.39. The number of aromatic nitrogens is 2. The summed E-state index contributed by atoms with van der Waals surface area (Å²) in [5.74, 6) is -0.486. The van der Waals surface area contributed by atoms with Gasteiger partial charge in [0.25, 0.3) is 10.0 Å². The van der Waals surface area contributed by atoms with Crippen molar-refractivity contribution in [3.63, 3.8) is 0 Å². The van der Waals surface area contributed by atoms with E-state index in [0.717, 1.165) is 11.3 Å². The maximum Gasteiger partial charge on any atom is 0.267 e. The van der Waals surface area contributed by atoms with E-state index in [9.17, 15) is 13.2 Å². The third kappa shape index (κ3) is 2.97. The molecular weight excluding hydrogens is 252 g/mol. The van der Waals surface area contributed by atoms with Gasteiger partial charge in [0.15, 0.2) is 0 Å². The highest BCUT2D eigenvalue weighted by Gasteiger charge is 2.28. The van der Waals surface area contributed by atoms with E-state index < -0.39 is 21.3 Å². The van der Waals surface area contributed by atoms with Gasteiger partial charge in [-0.05, 0) is 0 Å². The molecule has 16 heavy (non-hydrogen) atoms. The molecule has 1 aromatic heterocycles. The minimum Gasteiger partial charge on any atom is -0.369 e. The van der Waals surface area contributed by atoms with Crippen molar-refractivity contribution in [2.24, 2.45) is 16.3 Å². The van der Waals surface area contributed by atoms with Gasteiger partial charge in [0.1, 0.15) is 5.01 Å². The van der Waals surface area contributed by atoms with Crippen LogP contribution in [0.1, 0.15) is 18.9 Å². The van der Waals surface area contributed by atoms with Crippen molar-refractivity contribution in [2.75, 3.05) is 0 Å². The van der Waals surface area contributed by atoms with Crippen LogP contribution in [0.2, 0.25) is 0 Å². The van der Waals surface area contributed by atoms with Crippen LogP contribution in [0.25, 0.3) is 0 Å². The van der Waals surface area contributed by atoms with E-state index >= 15 is 0 Å². The zero-order chi connectivity index (χ0) is 12.6. The SMILES string of the molecule is CC(C)(Cc1nnc(S(N)(=O)=O)s1)C(N)=O. The summed E-state index contributed by atoms with van der Waals surface area (Å²) < 4.78 is 21.6. The molecular formula is C7H12N4O3S2. The average Bonchev–Trinajstić information content (AvgIpc) is 2.50. The summed E-state index contributed by atoms with van der Waals surface area (Å²) in [6.07, 6.45) is 0.232. The zero-order valence-corrected chi connectivity index (χ0v) is 10.4. The molecule has 90 valence electrons. The second-order valence-electron chi connectivity index (χ2n) is 3.93. The summed E-state index contributed by atoms with van der Waals surface area (Å²) in [7, 11) is -3.83. The Kier molecular flexibility index (Phi) is 3.31. The van der Waals surface area contributed by atoms with E-state index in [4.69, 9.17) is 10.9 Å². The zero-order valence-electron chi connectivity index (χ0n) is 8.80. The summed E-state index contributed by atoms with van der Waals surface area (Å²) in [6.45, 7) is 3.29. The number of primary amides is 1. The molecule has 0 saturated carbocycles. The highest BCUT2D eigenvalue weighted by atomic mass is 32.2. The van der Waals surface area contributed by atoms with Crippen molar-refractivity contribution < 1.29 is 13.2 Å². The molecule has 0 saturated heterocycles. The van der Waals surface area contributed by atoms with E-state index in [2.05, 4.69) is 10.2 Å². The monoisotopic (exact) mass is 264 g/mol. The lowest BCUT2D eigenvalue weighted by atomic mass is 9.89. The Bertz CT molecular complexity index is 505. The molecule has 4 N–H and O–H groups in total. The molecule has 0 spiro atoms. The first kappa shape index (κ1) is 13.0. The fourth-order valence-electron chi connectivity index (χ4n) is 0.890. The summed E-state index contributed by atoms with van der Waals surface area (Å²) in [6, 6.07) is 0. The van der Waals surface area contributed by atoms with Gasteiger partial charge in [-0.2, -0.15) is 0 Å². The van der Waals surface area contributed by atoms with Gasteiger partial charge in [-0.1, -0.05) is 25.2 Å². The van der Waals surface area contributed by atoms with Crippen molar-refractivity contribution >= 4 is 27.3 Å². The second kappa shape index (κ2) is 4.07. The Hall–Kier alpha value is -1.06. The molecule has 0 fully saturated rings. The van der Waals surface area contributed by atoms with Crippen LogP contribution >= 0.6 is 11.3 Å². The minimum absolute atomic E-state index is 0.232. The van der Waals surface area contributed by atoms with Gasteiger partial charge in [-0.3, -0.25) is 4.79 Å². The second-order valence-corrected chi connectivity index (χ2v) is 6.73. The number of carbonyl (C=O) groups excluding carboxylic acids is 1. The molecule has 0 unspecified atom stereocenters. The lowest BCUT2D eigenvalue weighted by Gasteiger charge is -2.17. The Morgan fingerprint density at radius 3 is 2.38 bits per heavy atom. The molecule has 0 aliphatic heterocycles. The van der Waals surface area contributed by atoms with Crippen LogP contribution in [-0.4, -0.2) is 24.5 Å². The van der Waals surface area contributed by atoms with Crippen LogP contribution in [0, 0.1) is 5.41 Å². The van der Waals surface area contributed by atoms with Gasteiger partial charge < -0.3 is 5.73 Å². The smallest absolute Gasteiger partial charge is 0.267 e. The highest BCUT2D eigenvalue weighted by molar-refractivity contribution is 7.91. The number of nitrogens with zero attached hydrogens (tertiary/aromatic N) is 2. The lowest BCUT2D eigenvalue weighted by Crippen LogP contribution is -2.33. The van der Waals surface area contributed by atoms with Crippen LogP contribution in [0.4, 0.5) is 0 Å². The molecule has 9 heteroatoms. The fraction of sp³-hybridized carbons (Fsp3) is 0.571. The first-order chi connectivity index (χ1) is 7.13. The maximum absolute atomic E-state index is 11.1. The van der Waals surface area contributed by atoms with Gasteiger partial charge in [0.2, 0.25) is 10.2 Å². The predicted octanol–water partition coefficient (Wildman–Crippen LogP) is -0.760. The topological polar surface area (TPSA) is 129 Å².